The Morgan fingerprint density at radius 2 is 2.00 bits per heavy atom. The number of carbonyl (C=O) groups excluding carboxylic acids is 1. The molecule has 120 valence electrons. The van der Waals surface area contributed by atoms with Crippen LogP contribution in [0.5, 0.6) is 0 Å². The molecule has 2 aliphatic carbocycles. The molecule has 1 amide bonds. The smallest absolute Gasteiger partial charge is 0.240 e. The second-order valence-electron chi connectivity index (χ2n) is 8.22. The van der Waals surface area contributed by atoms with Crippen LogP contribution >= 0.6 is 0 Å². The second kappa shape index (κ2) is 4.46. The maximum atomic E-state index is 12.8. The predicted octanol–water partition coefficient (Wildman–Crippen LogP) is 2.79. The molecule has 1 aliphatic heterocycles. The van der Waals surface area contributed by atoms with E-state index in [1.54, 1.807) is 0 Å². The predicted molar refractivity (Wildman–Crippen MR) is 82.0 cm³/mol. The maximum absolute atomic E-state index is 12.8. The molecule has 0 N–H and O–H groups in total. The van der Waals surface area contributed by atoms with Crippen molar-refractivity contribution in [3.8, 4) is 0 Å². The van der Waals surface area contributed by atoms with Crippen LogP contribution in [0, 0.1) is 22.7 Å². The van der Waals surface area contributed by atoms with Crippen LogP contribution in [0.4, 0.5) is 0 Å². The summed E-state index contributed by atoms with van der Waals surface area (Å²) in [7, 11) is -3.44. The van der Waals surface area contributed by atoms with Crippen molar-refractivity contribution in [2.75, 3.05) is 6.54 Å². The molecule has 3 rings (SSSR count). The van der Waals surface area contributed by atoms with Crippen molar-refractivity contribution >= 4 is 15.9 Å². The van der Waals surface area contributed by atoms with E-state index in [-0.39, 0.29) is 22.0 Å². The van der Waals surface area contributed by atoms with E-state index in [2.05, 4.69) is 27.7 Å². The molecule has 4 nitrogen and oxygen atoms in total. The van der Waals surface area contributed by atoms with Crippen LogP contribution in [0.25, 0.3) is 0 Å². The monoisotopic (exact) mass is 313 g/mol. The van der Waals surface area contributed by atoms with E-state index in [9.17, 15) is 13.2 Å². The van der Waals surface area contributed by atoms with Gasteiger partial charge in [-0.2, -0.15) is 0 Å². The first-order valence-corrected chi connectivity index (χ1v) is 9.67. The highest BCUT2D eigenvalue weighted by atomic mass is 32.2. The van der Waals surface area contributed by atoms with Crippen LogP contribution in [0.15, 0.2) is 0 Å². The fourth-order valence-corrected chi connectivity index (χ4v) is 7.69. The Kier molecular flexibility index (Phi) is 3.26. The summed E-state index contributed by atoms with van der Waals surface area (Å²) < 4.78 is 26.9. The fraction of sp³-hybridized carbons (Fsp3) is 0.938. The lowest BCUT2D eigenvalue weighted by Gasteiger charge is -2.36. The quantitative estimate of drug-likeness (QED) is 0.805. The van der Waals surface area contributed by atoms with Gasteiger partial charge in [-0.15, -0.1) is 0 Å². The largest absolute Gasteiger partial charge is 0.274 e. The van der Waals surface area contributed by atoms with Crippen molar-refractivity contribution in [1.29, 1.82) is 0 Å². The summed E-state index contributed by atoms with van der Waals surface area (Å²) >= 11 is 0. The molecule has 0 radical (unpaired) electrons. The molecule has 0 aromatic heterocycles. The third-order valence-corrected chi connectivity index (χ3v) is 8.97. The van der Waals surface area contributed by atoms with Crippen LogP contribution < -0.4 is 0 Å². The van der Waals surface area contributed by atoms with Crippen molar-refractivity contribution in [3.05, 3.63) is 0 Å². The number of rotatable bonds is 3. The fourth-order valence-electron chi connectivity index (χ4n) is 5.05. The Balaban J connectivity index is 1.89. The lowest BCUT2D eigenvalue weighted by Crippen LogP contribution is -2.39. The Bertz CT molecular complexity index is 566. The van der Waals surface area contributed by atoms with Crippen LogP contribution in [0.2, 0.25) is 0 Å². The lowest BCUT2D eigenvalue weighted by molar-refractivity contribution is -0.127. The Hall–Kier alpha value is -0.580. The summed E-state index contributed by atoms with van der Waals surface area (Å²) in [5, 5.41) is -0.318. The third-order valence-electron chi connectivity index (χ3n) is 6.66. The van der Waals surface area contributed by atoms with Gasteiger partial charge >= 0.3 is 0 Å². The van der Waals surface area contributed by atoms with Gasteiger partial charge < -0.3 is 0 Å². The SMILES string of the molecule is CC(C)CCC(=O)N1CC23CCC(CC2S1(=O)=O)C3(C)C. The molecule has 0 aromatic carbocycles. The van der Waals surface area contributed by atoms with E-state index in [1.807, 2.05) is 0 Å². The topological polar surface area (TPSA) is 54.5 Å². The van der Waals surface area contributed by atoms with Gasteiger partial charge in [0.25, 0.3) is 0 Å². The molecule has 3 unspecified atom stereocenters. The number of hydrogen-bond donors (Lipinski definition) is 0. The molecule has 1 saturated heterocycles. The first-order chi connectivity index (χ1) is 9.63. The molecule has 1 spiro atoms. The van der Waals surface area contributed by atoms with E-state index in [4.69, 9.17) is 0 Å². The van der Waals surface area contributed by atoms with Crippen LogP contribution in [-0.4, -0.2) is 30.4 Å². The Labute approximate surface area is 128 Å². The first-order valence-electron chi connectivity index (χ1n) is 8.17. The molecular weight excluding hydrogens is 286 g/mol. The maximum Gasteiger partial charge on any atom is 0.240 e. The van der Waals surface area contributed by atoms with E-state index in [0.29, 0.717) is 24.8 Å². The molecule has 2 bridgehead atoms. The van der Waals surface area contributed by atoms with Crippen molar-refractivity contribution in [2.45, 2.75) is 65.0 Å². The lowest BCUT2D eigenvalue weighted by atomic mass is 9.69. The third kappa shape index (κ3) is 1.85. The van der Waals surface area contributed by atoms with E-state index in [1.165, 1.54) is 4.31 Å². The summed E-state index contributed by atoms with van der Waals surface area (Å²) in [6.07, 6.45) is 3.94. The normalized spacial score (nSPS) is 39.0. The highest BCUT2D eigenvalue weighted by Gasteiger charge is 2.72. The van der Waals surface area contributed by atoms with Gasteiger partial charge in [0.2, 0.25) is 15.9 Å². The molecule has 0 aromatic rings. The highest BCUT2D eigenvalue weighted by Crippen LogP contribution is 2.70. The molecule has 3 fully saturated rings. The number of sulfonamides is 1. The van der Waals surface area contributed by atoms with Crippen LogP contribution in [0.3, 0.4) is 0 Å². The van der Waals surface area contributed by atoms with E-state index < -0.39 is 10.0 Å². The molecule has 3 atom stereocenters. The zero-order valence-electron chi connectivity index (χ0n) is 13.6. The highest BCUT2D eigenvalue weighted by molar-refractivity contribution is 7.90. The standard InChI is InChI=1S/C16H27NO3S/c1-11(2)5-6-14(18)17-10-16-8-7-12(15(16,3)4)9-13(16)21(17,19)20/h11-13H,5-10H2,1-4H3. The molecule has 21 heavy (non-hydrogen) atoms. The molecular formula is C16H27NO3S. The summed E-state index contributed by atoms with van der Waals surface area (Å²) in [6.45, 7) is 8.97. The molecule has 5 heteroatoms. The zero-order chi connectivity index (χ0) is 15.6. The number of carbonyl (C=O) groups is 1. The number of hydrogen-bond acceptors (Lipinski definition) is 3. The van der Waals surface area contributed by atoms with E-state index >= 15 is 0 Å². The minimum Gasteiger partial charge on any atom is -0.274 e. The van der Waals surface area contributed by atoms with Crippen molar-refractivity contribution in [1.82, 2.24) is 4.31 Å². The Morgan fingerprint density at radius 3 is 2.52 bits per heavy atom. The zero-order valence-corrected chi connectivity index (χ0v) is 14.4. The minimum absolute atomic E-state index is 0.0395. The van der Waals surface area contributed by atoms with Crippen LogP contribution in [-0.2, 0) is 14.8 Å². The summed E-state index contributed by atoms with van der Waals surface area (Å²) in [5.41, 5.74) is -0.151. The summed E-state index contributed by atoms with van der Waals surface area (Å²) in [4.78, 5) is 12.4. The van der Waals surface area contributed by atoms with E-state index in [0.717, 1.165) is 25.7 Å². The minimum atomic E-state index is -3.44. The Morgan fingerprint density at radius 1 is 1.33 bits per heavy atom. The molecule has 2 saturated carbocycles. The van der Waals surface area contributed by atoms with Crippen molar-refractivity contribution in [3.63, 3.8) is 0 Å². The number of fused-ring (bicyclic) bond motifs is 1. The van der Waals surface area contributed by atoms with Gasteiger partial charge in [-0.25, -0.2) is 12.7 Å². The van der Waals surface area contributed by atoms with Gasteiger partial charge in [-0.1, -0.05) is 27.7 Å². The number of nitrogens with zero attached hydrogens (tertiary/aromatic N) is 1. The number of amides is 1. The first kappa shape index (κ1) is 15.3. The average molecular weight is 313 g/mol. The van der Waals surface area contributed by atoms with Crippen molar-refractivity contribution in [2.24, 2.45) is 22.7 Å². The van der Waals surface area contributed by atoms with Gasteiger partial charge in [0.05, 0.1) is 5.25 Å². The van der Waals surface area contributed by atoms with Gasteiger partial charge in [-0.3, -0.25) is 4.79 Å². The molecule has 3 aliphatic rings. The summed E-state index contributed by atoms with van der Waals surface area (Å²) in [6, 6.07) is 0. The van der Waals surface area contributed by atoms with Gasteiger partial charge in [0.15, 0.2) is 0 Å². The second-order valence-corrected chi connectivity index (χ2v) is 10.3. The van der Waals surface area contributed by atoms with Gasteiger partial charge in [0.1, 0.15) is 0 Å². The van der Waals surface area contributed by atoms with Gasteiger partial charge in [0, 0.05) is 18.4 Å². The van der Waals surface area contributed by atoms with Crippen LogP contribution in [0.1, 0.15) is 59.8 Å². The van der Waals surface area contributed by atoms with Crippen molar-refractivity contribution < 1.29 is 13.2 Å². The summed E-state index contributed by atoms with van der Waals surface area (Å²) in [5.74, 6) is 0.737. The molecule has 1 heterocycles. The average Bonchev–Trinajstić information content (AvgIpc) is 2.88. The van der Waals surface area contributed by atoms with Gasteiger partial charge in [-0.05, 0) is 42.9 Å².